The molecule has 0 aliphatic heterocycles. The number of ether oxygens (including phenoxy) is 1. The molecule has 0 aliphatic rings. The van der Waals surface area contributed by atoms with Crippen molar-refractivity contribution in [1.29, 1.82) is 0 Å². The maximum absolute atomic E-state index is 13.2. The number of carbonyl (C=O) groups is 2. The van der Waals surface area contributed by atoms with Crippen LogP contribution in [-0.4, -0.2) is 57.3 Å². The molecule has 2 amide bonds. The van der Waals surface area contributed by atoms with Gasteiger partial charge in [0.25, 0.3) is 0 Å². The SMILES string of the molecule is CCn1cc(-c2ccc(CC(CCO)c3c(C(N)=O)ccc(OC(C)C(F)(F)F)c3Cl)cc2)nc1C(C)N(C)C(C)=O. The molecule has 3 aromatic rings. The Hall–Kier alpha value is -3.57. The van der Waals surface area contributed by atoms with E-state index in [0.29, 0.717) is 13.0 Å². The lowest BCUT2D eigenvalue weighted by Gasteiger charge is -2.24. The van der Waals surface area contributed by atoms with Crippen molar-refractivity contribution >= 4 is 23.4 Å². The van der Waals surface area contributed by atoms with E-state index in [1.54, 1.807) is 11.9 Å². The highest BCUT2D eigenvalue weighted by Crippen LogP contribution is 2.40. The van der Waals surface area contributed by atoms with Crippen molar-refractivity contribution in [3.05, 3.63) is 70.1 Å². The first-order valence-electron chi connectivity index (χ1n) is 13.6. The molecular formula is C30H36ClF3N4O4. The Kier molecular flexibility index (Phi) is 10.7. The van der Waals surface area contributed by atoms with Gasteiger partial charge in [0.2, 0.25) is 11.8 Å². The van der Waals surface area contributed by atoms with E-state index in [9.17, 15) is 27.9 Å². The average Bonchev–Trinajstić information content (AvgIpc) is 3.37. The number of aliphatic hydroxyl groups excluding tert-OH is 1. The smallest absolute Gasteiger partial charge is 0.425 e. The van der Waals surface area contributed by atoms with Gasteiger partial charge in [-0.2, -0.15) is 13.2 Å². The number of hydrogen-bond donors (Lipinski definition) is 2. The third-order valence-electron chi connectivity index (χ3n) is 7.39. The summed E-state index contributed by atoms with van der Waals surface area (Å²) in [7, 11) is 1.73. The van der Waals surface area contributed by atoms with Gasteiger partial charge in [0.1, 0.15) is 11.6 Å². The van der Waals surface area contributed by atoms with E-state index in [4.69, 9.17) is 27.1 Å². The van der Waals surface area contributed by atoms with Gasteiger partial charge in [-0.25, -0.2) is 4.98 Å². The number of aliphatic hydroxyl groups is 1. The number of primary amides is 1. The van der Waals surface area contributed by atoms with Gasteiger partial charge in [0.05, 0.1) is 16.8 Å². The molecule has 3 unspecified atom stereocenters. The van der Waals surface area contributed by atoms with Crippen LogP contribution in [0.1, 0.15) is 73.4 Å². The van der Waals surface area contributed by atoms with E-state index in [0.717, 1.165) is 29.6 Å². The van der Waals surface area contributed by atoms with Crippen molar-refractivity contribution in [2.24, 2.45) is 5.73 Å². The normalized spacial score (nSPS) is 13.9. The molecule has 0 spiro atoms. The van der Waals surface area contributed by atoms with Crippen molar-refractivity contribution in [2.75, 3.05) is 13.7 Å². The topological polar surface area (TPSA) is 111 Å². The van der Waals surface area contributed by atoms with Gasteiger partial charge in [0.15, 0.2) is 6.10 Å². The number of hydrogen-bond acceptors (Lipinski definition) is 5. The van der Waals surface area contributed by atoms with Gasteiger partial charge in [-0.05, 0) is 62.8 Å². The number of imidazole rings is 1. The number of carbonyl (C=O) groups excluding carboxylic acids is 2. The molecule has 3 atom stereocenters. The lowest BCUT2D eigenvalue weighted by atomic mass is 9.86. The van der Waals surface area contributed by atoms with Crippen LogP contribution in [-0.2, 0) is 17.8 Å². The standard InChI is InChI=1S/C30H36ClF3N4O4/c1-6-38-16-24(36-29(38)17(2)37(5)19(4)40)21-9-7-20(8-10-21)15-22(13-14-39)26-23(28(35)41)11-12-25(27(26)31)42-18(3)30(32,33)34/h7-12,16-18,22,39H,6,13-15H2,1-5H3,(H2,35,41). The minimum Gasteiger partial charge on any atom is -0.480 e. The summed E-state index contributed by atoms with van der Waals surface area (Å²) in [5, 5.41) is 9.65. The van der Waals surface area contributed by atoms with Crippen molar-refractivity contribution in [3.63, 3.8) is 0 Å². The molecule has 0 saturated carbocycles. The zero-order valence-electron chi connectivity index (χ0n) is 24.2. The maximum atomic E-state index is 13.2. The van der Waals surface area contributed by atoms with Crippen LogP contribution in [0.5, 0.6) is 5.75 Å². The quantitative estimate of drug-likeness (QED) is 0.266. The Morgan fingerprint density at radius 1 is 1.17 bits per heavy atom. The van der Waals surface area contributed by atoms with E-state index >= 15 is 0 Å². The third-order valence-corrected chi connectivity index (χ3v) is 7.78. The first kappa shape index (κ1) is 32.9. The predicted molar refractivity (Wildman–Crippen MR) is 154 cm³/mol. The predicted octanol–water partition coefficient (Wildman–Crippen LogP) is 5.90. The molecule has 0 saturated heterocycles. The Morgan fingerprint density at radius 2 is 1.81 bits per heavy atom. The molecule has 3 N–H and O–H groups in total. The fourth-order valence-corrected chi connectivity index (χ4v) is 5.10. The molecule has 1 aromatic heterocycles. The van der Waals surface area contributed by atoms with E-state index in [-0.39, 0.29) is 46.9 Å². The fraction of sp³-hybridized carbons (Fsp3) is 0.433. The summed E-state index contributed by atoms with van der Waals surface area (Å²) in [6.07, 6.45) is -4.34. The van der Waals surface area contributed by atoms with Crippen molar-refractivity contribution in [1.82, 2.24) is 14.5 Å². The molecule has 0 fully saturated rings. The van der Waals surface area contributed by atoms with Crippen LogP contribution in [0.25, 0.3) is 11.3 Å². The number of halogens is 4. The van der Waals surface area contributed by atoms with Gasteiger partial charge in [-0.15, -0.1) is 0 Å². The number of aryl methyl sites for hydroxylation is 1. The van der Waals surface area contributed by atoms with Gasteiger partial charge in [0, 0.05) is 44.4 Å². The largest absolute Gasteiger partial charge is 0.480 e. The van der Waals surface area contributed by atoms with Crippen molar-refractivity contribution < 1.29 is 32.6 Å². The third kappa shape index (κ3) is 7.43. The Labute approximate surface area is 248 Å². The van der Waals surface area contributed by atoms with Crippen LogP contribution in [0.4, 0.5) is 13.2 Å². The van der Waals surface area contributed by atoms with Crippen LogP contribution < -0.4 is 10.5 Å². The van der Waals surface area contributed by atoms with Crippen LogP contribution in [0.15, 0.2) is 42.6 Å². The molecule has 42 heavy (non-hydrogen) atoms. The summed E-state index contributed by atoms with van der Waals surface area (Å²) < 4.78 is 46.5. The lowest BCUT2D eigenvalue weighted by molar-refractivity contribution is -0.189. The number of aromatic nitrogens is 2. The lowest BCUT2D eigenvalue weighted by Crippen LogP contribution is -2.31. The second kappa shape index (κ2) is 13.6. The van der Waals surface area contributed by atoms with Crippen LogP contribution in [0.3, 0.4) is 0 Å². The van der Waals surface area contributed by atoms with E-state index in [2.05, 4.69) is 0 Å². The Balaban J connectivity index is 1.94. The van der Waals surface area contributed by atoms with Gasteiger partial charge >= 0.3 is 6.18 Å². The molecule has 0 aliphatic carbocycles. The van der Waals surface area contributed by atoms with Gasteiger partial charge < -0.3 is 25.0 Å². The first-order valence-corrected chi connectivity index (χ1v) is 13.9. The zero-order valence-corrected chi connectivity index (χ0v) is 25.0. The second-order valence-corrected chi connectivity index (χ2v) is 10.6. The number of rotatable bonds is 12. The minimum absolute atomic E-state index is 0.0457. The van der Waals surface area contributed by atoms with Gasteiger partial charge in [-0.3, -0.25) is 9.59 Å². The summed E-state index contributed by atoms with van der Waals surface area (Å²) in [4.78, 5) is 30.6. The molecule has 0 radical (unpaired) electrons. The van der Waals surface area contributed by atoms with E-state index in [1.807, 2.05) is 48.9 Å². The Morgan fingerprint density at radius 3 is 2.33 bits per heavy atom. The number of alkyl halides is 3. The summed E-state index contributed by atoms with van der Waals surface area (Å²) in [5.74, 6) is -0.885. The molecule has 3 rings (SSSR count). The summed E-state index contributed by atoms with van der Waals surface area (Å²) in [6, 6.07) is 9.78. The highest BCUT2D eigenvalue weighted by atomic mass is 35.5. The van der Waals surface area contributed by atoms with E-state index in [1.165, 1.54) is 19.1 Å². The zero-order chi connectivity index (χ0) is 31.4. The van der Waals surface area contributed by atoms with Gasteiger partial charge in [-0.1, -0.05) is 35.9 Å². The molecule has 12 heteroatoms. The van der Waals surface area contributed by atoms with E-state index < -0.39 is 24.1 Å². The second-order valence-electron chi connectivity index (χ2n) is 10.2. The molecule has 1 heterocycles. The number of nitrogens with zero attached hydrogens (tertiary/aromatic N) is 3. The molecule has 2 aromatic carbocycles. The number of amides is 2. The van der Waals surface area contributed by atoms with Crippen molar-refractivity contribution in [2.45, 2.75) is 71.3 Å². The van der Waals surface area contributed by atoms with Crippen LogP contribution in [0, 0.1) is 0 Å². The van der Waals surface area contributed by atoms with Crippen LogP contribution in [0.2, 0.25) is 5.02 Å². The average molecular weight is 609 g/mol. The molecule has 0 bridgehead atoms. The summed E-state index contributed by atoms with van der Waals surface area (Å²) in [6.45, 7) is 6.69. The summed E-state index contributed by atoms with van der Waals surface area (Å²) >= 11 is 6.54. The summed E-state index contributed by atoms with van der Waals surface area (Å²) in [5.41, 5.74) is 8.27. The van der Waals surface area contributed by atoms with Crippen molar-refractivity contribution in [3.8, 4) is 17.0 Å². The molecule has 8 nitrogen and oxygen atoms in total. The molecule has 228 valence electrons. The van der Waals surface area contributed by atoms with Crippen LogP contribution >= 0.6 is 11.6 Å². The highest BCUT2D eigenvalue weighted by Gasteiger charge is 2.39. The number of nitrogens with two attached hydrogens (primary N) is 1. The maximum Gasteiger partial charge on any atom is 0.425 e. The fourth-order valence-electron chi connectivity index (χ4n) is 4.74. The highest BCUT2D eigenvalue weighted by molar-refractivity contribution is 6.33. The monoisotopic (exact) mass is 608 g/mol. The molecular weight excluding hydrogens is 573 g/mol. The minimum atomic E-state index is -4.62. The first-order chi connectivity index (χ1) is 19.7. The number of benzene rings is 2. The Bertz CT molecular complexity index is 1410.